The number of nitrogens with one attached hydrogen (secondary N) is 1. The van der Waals surface area contributed by atoms with E-state index in [0.29, 0.717) is 12.6 Å². The Morgan fingerprint density at radius 1 is 1.38 bits per heavy atom. The molecule has 0 bridgehead atoms. The SMILES string of the molecule is CCN1CCCC1CN(C)C(=NC)NCC1(O)CCCC1. The summed E-state index contributed by atoms with van der Waals surface area (Å²) in [5, 5.41) is 13.8. The lowest BCUT2D eigenvalue weighted by Crippen LogP contribution is -2.49. The van der Waals surface area contributed by atoms with Crippen molar-refractivity contribution in [1.82, 2.24) is 15.1 Å². The molecule has 2 N–H and O–H groups in total. The Hall–Kier alpha value is -0.810. The van der Waals surface area contributed by atoms with Gasteiger partial charge in [-0.25, -0.2) is 0 Å². The van der Waals surface area contributed by atoms with Gasteiger partial charge in [-0.05, 0) is 38.8 Å². The van der Waals surface area contributed by atoms with Crippen molar-refractivity contribution in [2.24, 2.45) is 4.99 Å². The van der Waals surface area contributed by atoms with E-state index in [-0.39, 0.29) is 0 Å². The first-order valence-electron chi connectivity index (χ1n) is 8.46. The third kappa shape index (κ3) is 4.33. The highest BCUT2D eigenvalue weighted by atomic mass is 16.3. The van der Waals surface area contributed by atoms with E-state index in [2.05, 4.69) is 34.1 Å². The summed E-state index contributed by atoms with van der Waals surface area (Å²) in [7, 11) is 3.92. The van der Waals surface area contributed by atoms with Crippen LogP contribution in [0.25, 0.3) is 0 Å². The molecule has 1 aliphatic heterocycles. The van der Waals surface area contributed by atoms with Gasteiger partial charge in [0.25, 0.3) is 0 Å². The molecule has 5 nitrogen and oxygen atoms in total. The summed E-state index contributed by atoms with van der Waals surface area (Å²) in [5.74, 6) is 0.901. The summed E-state index contributed by atoms with van der Waals surface area (Å²) >= 11 is 0. The van der Waals surface area contributed by atoms with Crippen molar-refractivity contribution < 1.29 is 5.11 Å². The zero-order valence-corrected chi connectivity index (χ0v) is 13.9. The van der Waals surface area contributed by atoms with Crippen molar-refractivity contribution in [2.45, 2.75) is 57.1 Å². The van der Waals surface area contributed by atoms with Crippen molar-refractivity contribution in [3.8, 4) is 0 Å². The van der Waals surface area contributed by atoms with Gasteiger partial charge in [-0.2, -0.15) is 0 Å². The molecule has 1 heterocycles. The topological polar surface area (TPSA) is 51.1 Å². The first-order valence-corrected chi connectivity index (χ1v) is 8.46. The van der Waals surface area contributed by atoms with Gasteiger partial charge in [-0.15, -0.1) is 0 Å². The Labute approximate surface area is 129 Å². The lowest BCUT2D eigenvalue weighted by atomic mass is 10.0. The lowest BCUT2D eigenvalue weighted by molar-refractivity contribution is 0.0515. The number of likely N-dealkylation sites (tertiary alicyclic amines) is 1. The standard InChI is InChI=1S/C16H32N4O/c1-4-20-11-7-8-14(20)12-19(3)15(17-2)18-13-16(21)9-5-6-10-16/h14,21H,4-13H2,1-3H3,(H,17,18). The third-order valence-corrected chi connectivity index (χ3v) is 5.07. The Balaban J connectivity index is 1.82. The Kier molecular flexibility index (Phi) is 5.88. The van der Waals surface area contributed by atoms with E-state index in [1.54, 1.807) is 0 Å². The Morgan fingerprint density at radius 3 is 2.71 bits per heavy atom. The minimum Gasteiger partial charge on any atom is -0.388 e. The van der Waals surface area contributed by atoms with E-state index in [9.17, 15) is 5.11 Å². The van der Waals surface area contributed by atoms with E-state index < -0.39 is 5.60 Å². The van der Waals surface area contributed by atoms with Crippen LogP contribution >= 0.6 is 0 Å². The zero-order chi connectivity index (χ0) is 15.3. The predicted molar refractivity (Wildman–Crippen MR) is 87.7 cm³/mol. The van der Waals surface area contributed by atoms with Crippen LogP contribution in [0.15, 0.2) is 4.99 Å². The summed E-state index contributed by atoms with van der Waals surface area (Å²) in [6.45, 7) is 6.21. The molecule has 0 aromatic heterocycles. The first-order chi connectivity index (χ1) is 10.1. The van der Waals surface area contributed by atoms with E-state index in [1.807, 2.05) is 7.05 Å². The minimum atomic E-state index is -0.528. The van der Waals surface area contributed by atoms with Gasteiger partial charge < -0.3 is 15.3 Å². The quantitative estimate of drug-likeness (QED) is 0.593. The maximum atomic E-state index is 10.4. The molecular weight excluding hydrogens is 264 g/mol. The molecule has 5 heteroatoms. The molecule has 0 radical (unpaired) electrons. The molecule has 2 rings (SSSR count). The second-order valence-corrected chi connectivity index (χ2v) is 6.64. The van der Waals surface area contributed by atoms with E-state index >= 15 is 0 Å². The molecule has 2 fully saturated rings. The summed E-state index contributed by atoms with van der Waals surface area (Å²) < 4.78 is 0. The van der Waals surface area contributed by atoms with E-state index in [0.717, 1.165) is 44.7 Å². The number of likely N-dealkylation sites (N-methyl/N-ethyl adjacent to an activating group) is 2. The van der Waals surface area contributed by atoms with Crippen LogP contribution in [0.1, 0.15) is 45.4 Å². The Bertz CT molecular complexity index is 352. The fourth-order valence-electron chi connectivity index (χ4n) is 3.76. The molecule has 0 aromatic carbocycles. The Morgan fingerprint density at radius 2 is 2.10 bits per heavy atom. The van der Waals surface area contributed by atoms with Crippen LogP contribution in [-0.2, 0) is 0 Å². The molecule has 0 aromatic rings. The molecule has 1 unspecified atom stereocenters. The molecule has 2 aliphatic rings. The molecule has 1 atom stereocenters. The number of aliphatic imine (C=N–C) groups is 1. The van der Waals surface area contributed by atoms with Crippen LogP contribution in [0, 0.1) is 0 Å². The second kappa shape index (κ2) is 7.45. The number of hydrogen-bond donors (Lipinski definition) is 2. The summed E-state index contributed by atoms with van der Waals surface area (Å²) in [4.78, 5) is 9.13. The minimum absolute atomic E-state index is 0.528. The van der Waals surface area contributed by atoms with E-state index in [1.165, 1.54) is 19.4 Å². The zero-order valence-electron chi connectivity index (χ0n) is 13.9. The van der Waals surface area contributed by atoms with Crippen LogP contribution in [0.2, 0.25) is 0 Å². The van der Waals surface area contributed by atoms with E-state index in [4.69, 9.17) is 0 Å². The number of aliphatic hydroxyl groups is 1. The highest BCUT2D eigenvalue weighted by molar-refractivity contribution is 5.79. The van der Waals surface area contributed by atoms with Crippen LogP contribution in [0.5, 0.6) is 0 Å². The van der Waals surface area contributed by atoms with Crippen LogP contribution in [0.4, 0.5) is 0 Å². The van der Waals surface area contributed by atoms with Crippen LogP contribution in [0.3, 0.4) is 0 Å². The second-order valence-electron chi connectivity index (χ2n) is 6.64. The maximum Gasteiger partial charge on any atom is 0.193 e. The maximum absolute atomic E-state index is 10.4. The fourth-order valence-corrected chi connectivity index (χ4v) is 3.76. The monoisotopic (exact) mass is 296 g/mol. The average molecular weight is 296 g/mol. The number of rotatable bonds is 5. The predicted octanol–water partition coefficient (Wildman–Crippen LogP) is 1.28. The van der Waals surface area contributed by atoms with Crippen molar-refractivity contribution in [2.75, 3.05) is 40.3 Å². The van der Waals surface area contributed by atoms with Gasteiger partial charge in [0.1, 0.15) is 0 Å². The molecule has 1 saturated heterocycles. The molecule has 21 heavy (non-hydrogen) atoms. The van der Waals surface area contributed by atoms with Crippen molar-refractivity contribution in [3.63, 3.8) is 0 Å². The highest BCUT2D eigenvalue weighted by Gasteiger charge is 2.31. The van der Waals surface area contributed by atoms with Crippen LogP contribution < -0.4 is 5.32 Å². The van der Waals surface area contributed by atoms with Gasteiger partial charge in [-0.3, -0.25) is 9.89 Å². The first kappa shape index (κ1) is 16.6. The van der Waals surface area contributed by atoms with Gasteiger partial charge in [0.05, 0.1) is 5.60 Å². The van der Waals surface area contributed by atoms with Gasteiger partial charge in [0.15, 0.2) is 5.96 Å². The molecule has 0 amide bonds. The van der Waals surface area contributed by atoms with Crippen molar-refractivity contribution >= 4 is 5.96 Å². The number of guanidine groups is 1. The summed E-state index contributed by atoms with van der Waals surface area (Å²) in [5.41, 5.74) is -0.528. The number of hydrogen-bond acceptors (Lipinski definition) is 3. The molecule has 1 aliphatic carbocycles. The molecule has 1 saturated carbocycles. The van der Waals surface area contributed by atoms with Crippen molar-refractivity contribution in [1.29, 1.82) is 0 Å². The fraction of sp³-hybridized carbons (Fsp3) is 0.938. The molecule has 122 valence electrons. The highest BCUT2D eigenvalue weighted by Crippen LogP contribution is 2.28. The average Bonchev–Trinajstić information content (AvgIpc) is 3.09. The van der Waals surface area contributed by atoms with Gasteiger partial charge in [0.2, 0.25) is 0 Å². The lowest BCUT2D eigenvalue weighted by Gasteiger charge is -2.31. The van der Waals surface area contributed by atoms with Gasteiger partial charge in [0, 0.05) is 33.2 Å². The molecular formula is C16H32N4O. The summed E-state index contributed by atoms with van der Waals surface area (Å²) in [6, 6.07) is 0.633. The van der Waals surface area contributed by atoms with Crippen molar-refractivity contribution in [3.05, 3.63) is 0 Å². The van der Waals surface area contributed by atoms with Gasteiger partial charge >= 0.3 is 0 Å². The third-order valence-electron chi connectivity index (χ3n) is 5.07. The van der Waals surface area contributed by atoms with Crippen LogP contribution in [-0.4, -0.2) is 72.8 Å². The smallest absolute Gasteiger partial charge is 0.193 e. The number of nitrogens with zero attached hydrogens (tertiary/aromatic N) is 3. The molecule has 0 spiro atoms. The largest absolute Gasteiger partial charge is 0.388 e. The van der Waals surface area contributed by atoms with Gasteiger partial charge in [-0.1, -0.05) is 19.8 Å². The normalized spacial score (nSPS) is 26.3. The summed E-state index contributed by atoms with van der Waals surface area (Å²) in [6.07, 6.45) is 6.68.